The van der Waals surface area contributed by atoms with Gasteiger partial charge in [-0.3, -0.25) is 0 Å². The monoisotopic (exact) mass is 261 g/mol. The lowest BCUT2D eigenvalue weighted by Gasteiger charge is -2.20. The zero-order chi connectivity index (χ0) is 13.7. The van der Waals surface area contributed by atoms with E-state index >= 15 is 0 Å². The van der Waals surface area contributed by atoms with Gasteiger partial charge in [0, 0.05) is 6.04 Å². The normalized spacial score (nSPS) is 19.1. The van der Waals surface area contributed by atoms with Crippen molar-refractivity contribution in [2.45, 2.75) is 65.0 Å². The van der Waals surface area contributed by atoms with Crippen molar-refractivity contribution in [3.8, 4) is 5.75 Å². The molecule has 106 valence electrons. The number of benzene rings is 1. The van der Waals surface area contributed by atoms with Gasteiger partial charge in [0.15, 0.2) is 0 Å². The highest BCUT2D eigenvalue weighted by molar-refractivity contribution is 5.38. The Kier molecular flexibility index (Phi) is 5.26. The molecule has 0 fully saturated rings. The van der Waals surface area contributed by atoms with Gasteiger partial charge in [0.25, 0.3) is 0 Å². The molecule has 0 amide bonds. The molecule has 1 atom stereocenters. The van der Waals surface area contributed by atoms with E-state index in [1.54, 1.807) is 0 Å². The van der Waals surface area contributed by atoms with E-state index in [2.05, 4.69) is 44.3 Å². The average Bonchev–Trinajstić information content (AvgIpc) is 2.57. The molecule has 0 saturated heterocycles. The Morgan fingerprint density at radius 3 is 2.89 bits per heavy atom. The van der Waals surface area contributed by atoms with Gasteiger partial charge in [-0.15, -0.1) is 0 Å². The molecular formula is C17H27NO. The number of fused-ring (bicyclic) bond motifs is 1. The molecule has 19 heavy (non-hydrogen) atoms. The van der Waals surface area contributed by atoms with Gasteiger partial charge in [0.2, 0.25) is 0 Å². The average molecular weight is 261 g/mol. The number of nitrogens with one attached hydrogen (secondary N) is 1. The molecule has 1 aliphatic rings. The third-order valence-electron chi connectivity index (χ3n) is 3.69. The summed E-state index contributed by atoms with van der Waals surface area (Å²) >= 11 is 0. The first-order valence-electron chi connectivity index (χ1n) is 7.73. The second-order valence-electron chi connectivity index (χ2n) is 5.78. The second-order valence-corrected chi connectivity index (χ2v) is 5.78. The van der Waals surface area contributed by atoms with E-state index in [9.17, 15) is 0 Å². The highest BCUT2D eigenvalue weighted by Crippen LogP contribution is 2.31. The largest absolute Gasteiger partial charge is 0.491 e. The van der Waals surface area contributed by atoms with Crippen LogP contribution in [-0.2, 0) is 6.42 Å². The molecule has 2 nitrogen and oxygen atoms in total. The summed E-state index contributed by atoms with van der Waals surface area (Å²) in [6, 6.07) is 7.15. The Balaban J connectivity index is 2.22. The minimum Gasteiger partial charge on any atom is -0.491 e. The minimum atomic E-state index is 0.242. The van der Waals surface area contributed by atoms with Gasteiger partial charge in [-0.25, -0.2) is 0 Å². The fraction of sp³-hybridized carbons (Fsp3) is 0.647. The molecule has 0 saturated carbocycles. The third-order valence-corrected chi connectivity index (χ3v) is 3.69. The van der Waals surface area contributed by atoms with Crippen molar-refractivity contribution >= 4 is 0 Å². The van der Waals surface area contributed by atoms with Crippen molar-refractivity contribution in [3.63, 3.8) is 0 Å². The predicted octanol–water partition coefficient (Wildman–Crippen LogP) is 4.24. The fourth-order valence-electron chi connectivity index (χ4n) is 2.82. The number of hydrogen-bond acceptors (Lipinski definition) is 2. The molecule has 0 spiro atoms. The lowest BCUT2D eigenvalue weighted by molar-refractivity contribution is 0.242. The van der Waals surface area contributed by atoms with Crippen LogP contribution in [0.2, 0.25) is 0 Å². The Hall–Kier alpha value is -1.02. The Morgan fingerprint density at radius 1 is 1.32 bits per heavy atom. The molecule has 1 N–H and O–H groups in total. The van der Waals surface area contributed by atoms with E-state index in [4.69, 9.17) is 4.74 Å². The first-order chi connectivity index (χ1) is 9.20. The van der Waals surface area contributed by atoms with E-state index in [-0.39, 0.29) is 6.10 Å². The van der Waals surface area contributed by atoms with Gasteiger partial charge in [-0.2, -0.15) is 0 Å². The van der Waals surface area contributed by atoms with Crippen molar-refractivity contribution in [1.82, 2.24) is 5.32 Å². The summed E-state index contributed by atoms with van der Waals surface area (Å²) in [7, 11) is 0. The Bertz CT molecular complexity index is 400. The van der Waals surface area contributed by atoms with E-state index in [0.29, 0.717) is 6.04 Å². The summed E-state index contributed by atoms with van der Waals surface area (Å²) in [5.41, 5.74) is 2.96. The number of rotatable bonds is 5. The van der Waals surface area contributed by atoms with Crippen LogP contribution in [0.4, 0.5) is 0 Å². The molecule has 1 aliphatic carbocycles. The predicted molar refractivity (Wildman–Crippen MR) is 80.8 cm³/mol. The van der Waals surface area contributed by atoms with Crippen LogP contribution in [0, 0.1) is 0 Å². The molecule has 1 aromatic carbocycles. The molecule has 0 heterocycles. The highest BCUT2D eigenvalue weighted by Gasteiger charge is 2.18. The molecule has 0 bridgehead atoms. The highest BCUT2D eigenvalue weighted by atomic mass is 16.5. The minimum absolute atomic E-state index is 0.242. The number of aryl methyl sites for hydroxylation is 1. The van der Waals surface area contributed by atoms with Gasteiger partial charge >= 0.3 is 0 Å². The van der Waals surface area contributed by atoms with Crippen LogP contribution >= 0.6 is 0 Å². The van der Waals surface area contributed by atoms with Gasteiger partial charge < -0.3 is 10.1 Å². The van der Waals surface area contributed by atoms with E-state index < -0.39 is 0 Å². The van der Waals surface area contributed by atoms with Crippen molar-refractivity contribution in [2.75, 3.05) is 6.54 Å². The maximum Gasteiger partial charge on any atom is 0.120 e. The van der Waals surface area contributed by atoms with Crippen molar-refractivity contribution < 1.29 is 4.74 Å². The van der Waals surface area contributed by atoms with Crippen LogP contribution < -0.4 is 10.1 Å². The molecule has 0 aromatic heterocycles. The van der Waals surface area contributed by atoms with Crippen LogP contribution in [0.1, 0.15) is 63.6 Å². The molecule has 0 radical (unpaired) electrons. The summed E-state index contributed by atoms with van der Waals surface area (Å²) in [6.07, 6.45) is 6.51. The second kappa shape index (κ2) is 6.95. The van der Waals surface area contributed by atoms with E-state index in [1.807, 2.05) is 0 Å². The van der Waals surface area contributed by atoms with E-state index in [1.165, 1.54) is 43.2 Å². The molecular weight excluding hydrogens is 234 g/mol. The summed E-state index contributed by atoms with van der Waals surface area (Å²) < 4.78 is 5.85. The smallest absolute Gasteiger partial charge is 0.120 e. The van der Waals surface area contributed by atoms with Crippen LogP contribution in [0.5, 0.6) is 5.75 Å². The van der Waals surface area contributed by atoms with Crippen LogP contribution in [0.3, 0.4) is 0 Å². The van der Waals surface area contributed by atoms with Gasteiger partial charge in [-0.1, -0.05) is 19.4 Å². The molecule has 0 aliphatic heterocycles. The third kappa shape index (κ3) is 3.97. The molecule has 1 unspecified atom stereocenters. The van der Waals surface area contributed by atoms with Crippen molar-refractivity contribution in [1.29, 1.82) is 0 Å². The molecule has 1 aromatic rings. The first kappa shape index (κ1) is 14.4. The zero-order valence-corrected chi connectivity index (χ0v) is 12.5. The fourth-order valence-corrected chi connectivity index (χ4v) is 2.82. The maximum atomic E-state index is 5.85. The quantitative estimate of drug-likeness (QED) is 0.800. The first-order valence-corrected chi connectivity index (χ1v) is 7.73. The summed E-state index contributed by atoms with van der Waals surface area (Å²) in [6.45, 7) is 7.49. The summed E-state index contributed by atoms with van der Waals surface area (Å²) in [4.78, 5) is 0. The maximum absolute atomic E-state index is 5.85. The number of hydrogen-bond donors (Lipinski definition) is 1. The van der Waals surface area contributed by atoms with Gasteiger partial charge in [0.1, 0.15) is 5.75 Å². The summed E-state index contributed by atoms with van der Waals surface area (Å²) in [5, 5.41) is 3.69. The summed E-state index contributed by atoms with van der Waals surface area (Å²) in [5.74, 6) is 1.01. The zero-order valence-electron chi connectivity index (χ0n) is 12.5. The van der Waals surface area contributed by atoms with Crippen molar-refractivity contribution in [3.05, 3.63) is 29.3 Å². The van der Waals surface area contributed by atoms with E-state index in [0.717, 1.165) is 12.3 Å². The SMILES string of the molecule is CCCNC1CCCCc2ccc(OC(C)C)cc21. The van der Waals surface area contributed by atoms with Gasteiger partial charge in [0.05, 0.1) is 6.10 Å². The Morgan fingerprint density at radius 2 is 2.16 bits per heavy atom. The number of ether oxygens (including phenoxy) is 1. The standard InChI is InChI=1S/C17H27NO/c1-4-11-18-17-8-6-5-7-14-9-10-15(12-16(14)17)19-13(2)3/h9-10,12-13,17-18H,4-8,11H2,1-3H3. The molecule has 2 heteroatoms. The topological polar surface area (TPSA) is 21.3 Å². The van der Waals surface area contributed by atoms with Gasteiger partial charge in [-0.05, 0) is 69.3 Å². The van der Waals surface area contributed by atoms with Crippen molar-refractivity contribution in [2.24, 2.45) is 0 Å². The lowest BCUT2D eigenvalue weighted by Crippen LogP contribution is -2.22. The van der Waals surface area contributed by atoms with Crippen LogP contribution in [0.25, 0.3) is 0 Å². The molecule has 2 rings (SSSR count). The Labute approximate surface area is 117 Å². The van der Waals surface area contributed by atoms with Crippen LogP contribution in [0.15, 0.2) is 18.2 Å². The lowest BCUT2D eigenvalue weighted by atomic mass is 9.98. The van der Waals surface area contributed by atoms with Crippen LogP contribution in [-0.4, -0.2) is 12.6 Å².